The maximum absolute atomic E-state index is 12.0. The molecule has 0 aromatic carbocycles. The number of halogens is 2. The highest BCUT2D eigenvalue weighted by atomic mass is 79.9. The fraction of sp³-hybridized carbons (Fsp3) is 0.667. The zero-order valence-corrected chi connectivity index (χ0v) is 14.0. The number of fused-ring (bicyclic) bond motifs is 1. The second kappa shape index (κ2) is 5.71. The predicted octanol–water partition coefficient (Wildman–Crippen LogP) is 3.13. The topological polar surface area (TPSA) is 47.4 Å². The number of hydrogen-bond donors (Lipinski definition) is 0. The van der Waals surface area contributed by atoms with Crippen molar-refractivity contribution in [3.63, 3.8) is 0 Å². The summed E-state index contributed by atoms with van der Waals surface area (Å²) in [5.74, 6) is 0. The van der Waals surface area contributed by atoms with Gasteiger partial charge in [0.2, 0.25) is 0 Å². The molecule has 0 spiro atoms. The minimum absolute atomic E-state index is 0. The van der Waals surface area contributed by atoms with Crippen molar-refractivity contribution in [1.82, 2.24) is 14.7 Å². The summed E-state index contributed by atoms with van der Waals surface area (Å²) in [4.78, 5) is 13.7. The van der Waals surface area contributed by atoms with Crippen molar-refractivity contribution < 1.29 is 9.53 Å². The zero-order chi connectivity index (χ0) is 13.5. The van der Waals surface area contributed by atoms with E-state index >= 15 is 0 Å². The van der Waals surface area contributed by atoms with Gasteiger partial charge >= 0.3 is 6.09 Å². The van der Waals surface area contributed by atoms with Gasteiger partial charge in [-0.3, -0.25) is 4.68 Å². The fourth-order valence-corrected chi connectivity index (χ4v) is 2.31. The number of carbonyl (C=O) groups excluding carboxylic acids is 1. The third-order valence-corrected chi connectivity index (χ3v) is 3.76. The van der Waals surface area contributed by atoms with Gasteiger partial charge in [0.25, 0.3) is 0 Å². The Kier molecular flexibility index (Phi) is 4.90. The lowest BCUT2D eigenvalue weighted by Gasteiger charge is -2.30. The van der Waals surface area contributed by atoms with Crippen molar-refractivity contribution in [2.24, 2.45) is 0 Å². The minimum atomic E-state index is -0.456. The van der Waals surface area contributed by atoms with Crippen molar-refractivity contribution in [3.8, 4) is 0 Å². The molecular formula is C12H19BrClN3O2. The normalized spacial score (nSPS) is 14.7. The molecule has 0 radical (unpaired) electrons. The van der Waals surface area contributed by atoms with E-state index in [9.17, 15) is 4.79 Å². The van der Waals surface area contributed by atoms with Crippen LogP contribution in [0.5, 0.6) is 0 Å². The second-order valence-electron chi connectivity index (χ2n) is 5.47. The number of ether oxygens (including phenoxy) is 1. The molecule has 0 aliphatic carbocycles. The Morgan fingerprint density at radius 2 is 2.00 bits per heavy atom. The van der Waals surface area contributed by atoms with E-state index in [0.717, 1.165) is 15.9 Å². The number of aromatic nitrogens is 2. The summed E-state index contributed by atoms with van der Waals surface area (Å²) < 4.78 is 8.31. The predicted molar refractivity (Wildman–Crippen MR) is 78.6 cm³/mol. The molecule has 1 aliphatic rings. The van der Waals surface area contributed by atoms with Gasteiger partial charge in [-0.25, -0.2) is 4.79 Å². The van der Waals surface area contributed by atoms with Crippen LogP contribution in [0.2, 0.25) is 0 Å². The number of amides is 1. The van der Waals surface area contributed by atoms with E-state index in [1.807, 2.05) is 32.4 Å². The molecular weight excluding hydrogens is 334 g/mol. The minimum Gasteiger partial charge on any atom is -0.444 e. The number of nitrogens with zero attached hydrogens (tertiary/aromatic N) is 3. The summed E-state index contributed by atoms with van der Waals surface area (Å²) in [6.07, 6.45) is -0.264. The maximum Gasteiger partial charge on any atom is 0.410 e. The monoisotopic (exact) mass is 351 g/mol. The van der Waals surface area contributed by atoms with Crippen LogP contribution in [0.25, 0.3) is 0 Å². The van der Waals surface area contributed by atoms with Crippen LogP contribution < -0.4 is 0 Å². The molecule has 0 unspecified atom stereocenters. The Morgan fingerprint density at radius 3 is 2.58 bits per heavy atom. The van der Waals surface area contributed by atoms with E-state index < -0.39 is 5.60 Å². The molecule has 1 aromatic heterocycles. The Labute approximate surface area is 127 Å². The van der Waals surface area contributed by atoms with Crippen LogP contribution in [0.15, 0.2) is 4.47 Å². The maximum atomic E-state index is 12.0. The summed E-state index contributed by atoms with van der Waals surface area (Å²) in [7, 11) is 0. The van der Waals surface area contributed by atoms with Gasteiger partial charge in [-0.15, -0.1) is 12.4 Å². The van der Waals surface area contributed by atoms with Crippen LogP contribution >= 0.6 is 28.3 Å². The Morgan fingerprint density at radius 1 is 1.37 bits per heavy atom. The van der Waals surface area contributed by atoms with Crippen LogP contribution in [0.1, 0.15) is 32.2 Å². The van der Waals surface area contributed by atoms with Gasteiger partial charge in [0.1, 0.15) is 5.60 Å². The molecule has 7 heteroatoms. The van der Waals surface area contributed by atoms with Crippen LogP contribution in [0, 0.1) is 6.92 Å². The molecule has 1 amide bonds. The average molecular weight is 353 g/mol. The van der Waals surface area contributed by atoms with Gasteiger partial charge in [-0.1, -0.05) is 0 Å². The number of rotatable bonds is 0. The molecule has 0 bridgehead atoms. The van der Waals surface area contributed by atoms with E-state index in [2.05, 4.69) is 21.0 Å². The summed E-state index contributed by atoms with van der Waals surface area (Å²) in [6, 6.07) is 0. The molecule has 0 saturated carbocycles. The molecule has 108 valence electrons. The first kappa shape index (κ1) is 16.3. The fourth-order valence-electron chi connectivity index (χ4n) is 1.90. The van der Waals surface area contributed by atoms with Gasteiger partial charge < -0.3 is 9.64 Å². The molecule has 0 atom stereocenters. The first-order valence-electron chi connectivity index (χ1n) is 5.97. The Hall–Kier alpha value is -0.750. The molecule has 2 rings (SSSR count). The van der Waals surface area contributed by atoms with E-state index in [1.165, 1.54) is 0 Å². The van der Waals surface area contributed by atoms with Crippen molar-refractivity contribution >= 4 is 34.4 Å². The van der Waals surface area contributed by atoms with Crippen molar-refractivity contribution in [3.05, 3.63) is 15.9 Å². The van der Waals surface area contributed by atoms with Crippen LogP contribution in [0.4, 0.5) is 4.79 Å². The van der Waals surface area contributed by atoms with Gasteiger partial charge in [0.05, 0.1) is 29.0 Å². The molecule has 1 aliphatic heterocycles. The lowest BCUT2D eigenvalue weighted by molar-refractivity contribution is 0.0194. The summed E-state index contributed by atoms with van der Waals surface area (Å²) in [6.45, 7) is 9.46. The lowest BCUT2D eigenvalue weighted by atomic mass is 10.2. The largest absolute Gasteiger partial charge is 0.444 e. The Balaban J connectivity index is 0.00000180. The smallest absolute Gasteiger partial charge is 0.410 e. The van der Waals surface area contributed by atoms with Crippen LogP contribution in [0.3, 0.4) is 0 Å². The molecule has 0 N–H and O–H groups in total. The van der Waals surface area contributed by atoms with Crippen LogP contribution in [-0.4, -0.2) is 32.9 Å². The average Bonchev–Trinajstić information content (AvgIpc) is 2.52. The molecule has 2 heterocycles. The number of carbonyl (C=O) groups is 1. The van der Waals surface area contributed by atoms with Crippen molar-refractivity contribution in [2.75, 3.05) is 6.54 Å². The molecule has 1 aromatic rings. The SMILES string of the molecule is Cc1nn2c(c1Br)CN(C(=O)OC(C)(C)C)CC2.Cl. The summed E-state index contributed by atoms with van der Waals surface area (Å²) in [5, 5.41) is 4.41. The van der Waals surface area contributed by atoms with E-state index in [1.54, 1.807) is 4.90 Å². The molecule has 19 heavy (non-hydrogen) atoms. The first-order chi connectivity index (χ1) is 8.28. The van der Waals surface area contributed by atoms with E-state index in [0.29, 0.717) is 19.6 Å². The van der Waals surface area contributed by atoms with Gasteiger partial charge in [0.15, 0.2) is 0 Å². The van der Waals surface area contributed by atoms with E-state index in [-0.39, 0.29) is 18.5 Å². The highest BCUT2D eigenvalue weighted by molar-refractivity contribution is 9.10. The first-order valence-corrected chi connectivity index (χ1v) is 6.77. The lowest BCUT2D eigenvalue weighted by Crippen LogP contribution is -2.41. The summed E-state index contributed by atoms with van der Waals surface area (Å²) >= 11 is 3.51. The number of hydrogen-bond acceptors (Lipinski definition) is 3. The molecule has 0 fully saturated rings. The van der Waals surface area contributed by atoms with E-state index in [4.69, 9.17) is 4.74 Å². The highest BCUT2D eigenvalue weighted by Gasteiger charge is 2.28. The van der Waals surface area contributed by atoms with Gasteiger partial charge in [0, 0.05) is 6.54 Å². The highest BCUT2D eigenvalue weighted by Crippen LogP contribution is 2.25. The van der Waals surface area contributed by atoms with Gasteiger partial charge in [-0.2, -0.15) is 5.10 Å². The van der Waals surface area contributed by atoms with Crippen molar-refractivity contribution in [2.45, 2.75) is 46.4 Å². The number of aryl methyl sites for hydroxylation is 1. The van der Waals surface area contributed by atoms with Crippen molar-refractivity contribution in [1.29, 1.82) is 0 Å². The second-order valence-corrected chi connectivity index (χ2v) is 6.26. The van der Waals surface area contributed by atoms with Gasteiger partial charge in [-0.05, 0) is 43.6 Å². The zero-order valence-electron chi connectivity index (χ0n) is 11.6. The molecule has 0 saturated heterocycles. The molecule has 5 nitrogen and oxygen atoms in total. The standard InChI is InChI=1S/C12H18BrN3O2.ClH/c1-8-10(13)9-7-15(5-6-16(9)14-8)11(17)18-12(2,3)4;/h5-7H2,1-4H3;1H. The quantitative estimate of drug-likeness (QED) is 0.721. The third-order valence-electron chi connectivity index (χ3n) is 2.73. The summed E-state index contributed by atoms with van der Waals surface area (Å²) in [5.41, 5.74) is 1.53. The third kappa shape index (κ3) is 3.63. The Bertz CT molecular complexity index is 482. The van der Waals surface area contributed by atoms with Crippen LogP contribution in [-0.2, 0) is 17.8 Å².